The molecule has 4 heteroatoms. The van der Waals surface area contributed by atoms with Crippen LogP contribution in [0.5, 0.6) is 0 Å². The Kier molecular flexibility index (Phi) is 2.65. The highest BCUT2D eigenvalue weighted by Crippen LogP contribution is 2.40. The first kappa shape index (κ1) is 10.8. The fourth-order valence-electron chi connectivity index (χ4n) is 1.67. The number of nitrogens with zero attached hydrogens (tertiary/aromatic N) is 1. The summed E-state index contributed by atoms with van der Waals surface area (Å²) in [5, 5.41) is 0.331. The molecule has 2 aromatic rings. The normalized spacial score (nSPS) is 13.4. The zero-order valence-electron chi connectivity index (χ0n) is 8.65. The van der Waals surface area contributed by atoms with Crippen LogP contribution in [0.2, 0.25) is 0 Å². The molecule has 17 heavy (non-hydrogen) atoms. The molecule has 3 rings (SSSR count). The second kappa shape index (κ2) is 4.17. The summed E-state index contributed by atoms with van der Waals surface area (Å²) in [6, 6.07) is 12.3. The van der Waals surface area contributed by atoms with Crippen molar-refractivity contribution >= 4 is 34.2 Å². The fraction of sp³-hybridized carbons (Fsp3) is 0. The molecule has 1 nitrogen and oxygen atoms in total. The Balaban J connectivity index is 2.24. The largest absolute Gasteiger partial charge is 0.235 e. The van der Waals surface area contributed by atoms with Crippen molar-refractivity contribution in [3.8, 4) is 0 Å². The molecule has 84 valence electrons. The van der Waals surface area contributed by atoms with Gasteiger partial charge in [0.2, 0.25) is 0 Å². The average Bonchev–Trinajstić information content (AvgIpc) is 2.46. The highest BCUT2D eigenvalue weighted by atomic mass is 35.5. The molecule has 0 aromatic heterocycles. The van der Waals surface area contributed by atoms with E-state index in [1.54, 1.807) is 17.8 Å². The maximum Gasteiger partial charge on any atom is 0.138 e. The van der Waals surface area contributed by atoms with E-state index >= 15 is 0 Å². The van der Waals surface area contributed by atoms with Crippen molar-refractivity contribution in [2.45, 2.75) is 9.79 Å². The van der Waals surface area contributed by atoms with Gasteiger partial charge in [0.15, 0.2) is 0 Å². The van der Waals surface area contributed by atoms with Crippen LogP contribution >= 0.6 is 23.4 Å². The van der Waals surface area contributed by atoms with Crippen molar-refractivity contribution < 1.29 is 4.39 Å². The summed E-state index contributed by atoms with van der Waals surface area (Å²) < 4.78 is 13.2. The first-order chi connectivity index (χ1) is 8.24. The van der Waals surface area contributed by atoms with E-state index in [4.69, 9.17) is 11.6 Å². The van der Waals surface area contributed by atoms with Crippen LogP contribution in [0.3, 0.4) is 0 Å². The van der Waals surface area contributed by atoms with Crippen LogP contribution in [0.1, 0.15) is 5.56 Å². The van der Waals surface area contributed by atoms with Crippen molar-refractivity contribution in [2.75, 3.05) is 0 Å². The Labute approximate surface area is 107 Å². The van der Waals surface area contributed by atoms with Gasteiger partial charge in [0.05, 0.1) is 5.69 Å². The van der Waals surface area contributed by atoms with E-state index < -0.39 is 0 Å². The van der Waals surface area contributed by atoms with Crippen LogP contribution in [-0.2, 0) is 0 Å². The molecule has 0 spiro atoms. The molecule has 1 heterocycles. The van der Waals surface area contributed by atoms with Crippen LogP contribution < -0.4 is 0 Å². The van der Waals surface area contributed by atoms with Crippen LogP contribution in [0, 0.1) is 5.82 Å². The number of aliphatic imine (C=N–C) groups is 1. The van der Waals surface area contributed by atoms with Gasteiger partial charge in [-0.05, 0) is 30.3 Å². The molecule has 1 aliphatic rings. The smallest absolute Gasteiger partial charge is 0.138 e. The molecule has 2 aromatic carbocycles. The van der Waals surface area contributed by atoms with Gasteiger partial charge in [-0.2, -0.15) is 0 Å². The maximum absolute atomic E-state index is 13.2. The van der Waals surface area contributed by atoms with Gasteiger partial charge >= 0.3 is 0 Å². The molecular weight excluding hydrogens is 257 g/mol. The van der Waals surface area contributed by atoms with Crippen molar-refractivity contribution in [3.05, 3.63) is 53.8 Å². The lowest BCUT2D eigenvalue weighted by Crippen LogP contribution is -1.93. The second-order valence-corrected chi connectivity index (χ2v) is 5.05. The number of hydrogen-bond acceptors (Lipinski definition) is 2. The monoisotopic (exact) mass is 263 g/mol. The van der Waals surface area contributed by atoms with Crippen LogP contribution in [0.4, 0.5) is 10.1 Å². The summed E-state index contributed by atoms with van der Waals surface area (Å²) in [7, 11) is 0. The molecule has 1 aliphatic heterocycles. The lowest BCUT2D eigenvalue weighted by molar-refractivity contribution is 0.626. The minimum Gasteiger partial charge on any atom is -0.235 e. The Morgan fingerprint density at radius 3 is 2.76 bits per heavy atom. The van der Waals surface area contributed by atoms with Crippen LogP contribution in [0.15, 0.2) is 57.2 Å². The zero-order valence-corrected chi connectivity index (χ0v) is 10.2. The first-order valence-corrected chi connectivity index (χ1v) is 6.24. The van der Waals surface area contributed by atoms with Crippen LogP contribution in [0.25, 0.3) is 0 Å². The molecule has 0 radical (unpaired) electrons. The summed E-state index contributed by atoms with van der Waals surface area (Å²) in [4.78, 5) is 6.26. The number of para-hydroxylation sites is 1. The SMILES string of the molecule is Fc1ccc2c(c1)C(Cl)=Nc1ccccc1S2. The molecule has 0 atom stereocenters. The molecule has 0 saturated carbocycles. The third-order valence-electron chi connectivity index (χ3n) is 2.47. The quantitative estimate of drug-likeness (QED) is 0.676. The Morgan fingerprint density at radius 2 is 1.88 bits per heavy atom. The summed E-state index contributed by atoms with van der Waals surface area (Å²) in [6.45, 7) is 0. The lowest BCUT2D eigenvalue weighted by Gasteiger charge is -2.04. The number of benzene rings is 2. The van der Waals surface area contributed by atoms with E-state index in [9.17, 15) is 4.39 Å². The summed E-state index contributed by atoms with van der Waals surface area (Å²) in [5.41, 5.74) is 1.46. The fourth-order valence-corrected chi connectivity index (χ4v) is 2.98. The summed E-state index contributed by atoms with van der Waals surface area (Å²) >= 11 is 7.67. The number of hydrogen-bond donors (Lipinski definition) is 0. The molecular formula is C13H7ClFNS. The second-order valence-electron chi connectivity index (χ2n) is 3.61. The van der Waals surface area contributed by atoms with E-state index in [2.05, 4.69) is 4.99 Å². The summed E-state index contributed by atoms with van der Waals surface area (Å²) in [6.07, 6.45) is 0. The summed E-state index contributed by atoms with van der Waals surface area (Å²) in [5.74, 6) is -0.302. The molecule has 0 amide bonds. The van der Waals surface area contributed by atoms with Gasteiger partial charge in [0, 0.05) is 15.4 Å². The van der Waals surface area contributed by atoms with Gasteiger partial charge in [0.1, 0.15) is 11.0 Å². The predicted molar refractivity (Wildman–Crippen MR) is 69.0 cm³/mol. The third-order valence-corrected chi connectivity index (χ3v) is 3.90. The van der Waals surface area contributed by atoms with E-state index in [0.717, 1.165) is 15.5 Å². The van der Waals surface area contributed by atoms with E-state index in [1.165, 1.54) is 12.1 Å². The average molecular weight is 264 g/mol. The lowest BCUT2D eigenvalue weighted by atomic mass is 10.2. The molecule has 0 aliphatic carbocycles. The standard InChI is InChI=1S/C13H7ClFNS/c14-13-9-7-8(15)5-6-11(9)17-12-4-2-1-3-10(12)16-13/h1-7H. The van der Waals surface area contributed by atoms with E-state index in [-0.39, 0.29) is 5.82 Å². The minimum atomic E-state index is -0.302. The van der Waals surface area contributed by atoms with Crippen molar-refractivity contribution in [1.82, 2.24) is 0 Å². The van der Waals surface area contributed by atoms with E-state index in [0.29, 0.717) is 10.7 Å². The molecule has 0 N–H and O–H groups in total. The van der Waals surface area contributed by atoms with Crippen molar-refractivity contribution in [3.63, 3.8) is 0 Å². The number of halogens is 2. The van der Waals surface area contributed by atoms with Crippen LogP contribution in [-0.4, -0.2) is 5.17 Å². The molecule has 0 unspecified atom stereocenters. The maximum atomic E-state index is 13.2. The van der Waals surface area contributed by atoms with Gasteiger partial charge in [-0.1, -0.05) is 35.5 Å². The Hall–Kier alpha value is -1.32. The van der Waals surface area contributed by atoms with Gasteiger partial charge in [-0.15, -0.1) is 0 Å². The highest BCUT2D eigenvalue weighted by Gasteiger charge is 2.16. The third kappa shape index (κ3) is 1.96. The van der Waals surface area contributed by atoms with E-state index in [1.807, 2.05) is 24.3 Å². The van der Waals surface area contributed by atoms with Gasteiger partial charge in [-0.3, -0.25) is 0 Å². The first-order valence-electron chi connectivity index (χ1n) is 5.05. The Bertz CT molecular complexity index is 625. The van der Waals surface area contributed by atoms with Crippen molar-refractivity contribution in [2.24, 2.45) is 4.99 Å². The van der Waals surface area contributed by atoms with Gasteiger partial charge < -0.3 is 0 Å². The topological polar surface area (TPSA) is 12.4 Å². The number of fused-ring (bicyclic) bond motifs is 2. The highest BCUT2D eigenvalue weighted by molar-refractivity contribution is 7.99. The molecule has 0 saturated heterocycles. The van der Waals surface area contributed by atoms with Crippen molar-refractivity contribution in [1.29, 1.82) is 0 Å². The molecule has 0 fully saturated rings. The number of rotatable bonds is 0. The van der Waals surface area contributed by atoms with Gasteiger partial charge in [0.25, 0.3) is 0 Å². The Morgan fingerprint density at radius 1 is 1.06 bits per heavy atom. The predicted octanol–water partition coefficient (Wildman–Crippen LogP) is 4.61. The zero-order chi connectivity index (χ0) is 11.8. The molecule has 0 bridgehead atoms. The minimum absolute atomic E-state index is 0.302. The van der Waals surface area contributed by atoms with Gasteiger partial charge in [-0.25, -0.2) is 9.38 Å².